The number of carbonyl (C=O) groups is 5. The Morgan fingerprint density at radius 2 is 1.06 bits per heavy atom. The van der Waals surface area contributed by atoms with Gasteiger partial charge in [-0.05, 0) is 111 Å². The topological polar surface area (TPSA) is 527 Å². The van der Waals surface area contributed by atoms with Gasteiger partial charge in [-0.2, -0.15) is 31.4 Å². The van der Waals surface area contributed by atoms with E-state index in [9.17, 15) is 49.9 Å². The summed E-state index contributed by atoms with van der Waals surface area (Å²) in [4.78, 5) is 81.5. The number of nitrogens with one attached hydrogen (secondary N) is 6. The highest BCUT2D eigenvalue weighted by Gasteiger charge is 2.46. The quantitative estimate of drug-likeness (QED) is 0.00738. The first-order valence-corrected chi connectivity index (χ1v) is 46.5. The van der Waals surface area contributed by atoms with Crippen molar-refractivity contribution in [1.29, 1.82) is 0 Å². The number of nitrogen functional groups attached to an aromatic ring is 2. The molecule has 1 atom stereocenters. The van der Waals surface area contributed by atoms with E-state index < -0.39 is 49.1 Å². The van der Waals surface area contributed by atoms with Crippen LogP contribution in [0, 0.1) is 0 Å². The predicted molar refractivity (Wildman–Crippen MR) is 481 cm³/mol. The van der Waals surface area contributed by atoms with Gasteiger partial charge in [-0.25, -0.2) is 14.6 Å². The summed E-state index contributed by atoms with van der Waals surface area (Å²) >= 11 is 0. The number of aryl methyl sites for hydroxylation is 1. The fourth-order valence-corrected chi connectivity index (χ4v) is 14.9. The van der Waals surface area contributed by atoms with Crippen LogP contribution < -0.4 is 47.7 Å². The highest BCUT2D eigenvalue weighted by atomic mass is 32.2. The Morgan fingerprint density at radius 1 is 0.557 bits per heavy atom. The molecule has 41 nitrogen and oxygen atoms in total. The zero-order chi connectivity index (χ0) is 93.7. The zero-order valence-electron chi connectivity index (χ0n) is 75.0. The SMILES string of the molecule is CCOC(=O)[C@H](CCCCn1cc(CNC(=O)CC[N+]2=C(/C=C/C=C3/N(CCC(=O)NCCOCCOCCOCCOCCOCCOCCOCCOCCOCCOCCOCCOCCC(=O)NCc4ccc(COc5nc(N)nc6nc[nH]c56)cc4)c4ccc(S(=O)(=O)O)cc4C3(C)C)C(C)(C)c3cc(S(=O)(=O)O)ccc32)nn1)NC(=O)NCc1ccc(N)cc1. The molecule has 0 radical (unpaired) electrons. The summed E-state index contributed by atoms with van der Waals surface area (Å²) in [7, 11) is -9.21. The molecule has 7 aromatic rings. The number of hydrogen-bond acceptors (Lipinski definition) is 31. The van der Waals surface area contributed by atoms with Gasteiger partial charge in [0, 0.05) is 85.8 Å². The van der Waals surface area contributed by atoms with Crippen molar-refractivity contribution in [3.05, 3.63) is 155 Å². The van der Waals surface area contributed by atoms with Crippen LogP contribution in [-0.4, -0.2) is 292 Å². The van der Waals surface area contributed by atoms with Gasteiger partial charge in [0.15, 0.2) is 17.9 Å². The van der Waals surface area contributed by atoms with Crippen molar-refractivity contribution in [2.45, 2.75) is 133 Å². The van der Waals surface area contributed by atoms with Crippen molar-refractivity contribution in [2.75, 3.05) is 201 Å². The van der Waals surface area contributed by atoms with E-state index >= 15 is 0 Å². The number of rotatable bonds is 66. The third-order valence-electron chi connectivity index (χ3n) is 20.7. The fraction of sp³-hybridized carbons (Fsp3) is 0.534. The smallest absolute Gasteiger partial charge is 0.328 e. The number of amides is 5. The van der Waals surface area contributed by atoms with Crippen molar-refractivity contribution < 1.29 is 121 Å². The van der Waals surface area contributed by atoms with E-state index in [1.807, 2.05) is 73.6 Å². The largest absolute Gasteiger partial charge is 0.471 e. The minimum atomic E-state index is -4.61. The van der Waals surface area contributed by atoms with Crippen LogP contribution in [0.3, 0.4) is 0 Å². The number of aromatic nitrogens is 7. The van der Waals surface area contributed by atoms with Crippen LogP contribution in [0.4, 0.5) is 27.8 Å². The standard InChI is InChI=1S/C88H124N16O25S2/c1-6-128-84(108)73(97-86(109)94-59-65-17-19-67(89)20-18-65)10-7-8-29-102-61-68(100-101-102)60-93-79(106)26-31-104-75-24-22-70(131(113,114)115)57-72(75)88(4,5)77(104)12-9-11-76-87(2,3)71-56-69(130(110,111)112)21-23-74(71)103(76)30-25-78(105)91-28-33-117-35-37-119-39-41-121-43-45-123-47-49-125-51-53-127-55-54-126-52-50-124-48-46-122-44-42-120-40-38-118-36-34-116-32-27-80(107)92-58-64-13-15-66(16-14-64)62-129-83-81-82(96-63-95-81)98-85(90)99-83/h9,11-24,56-57,61,63,73H,6-8,10,25-55,58-60,62,89H2,1-5H3,(H9-,90,91,92,93,94,95,96,97,98,99,100,101,105,106,107,109,110,111,112,113,114,115)/p+1/t73-/m0/s1. The minimum Gasteiger partial charge on any atom is -0.471 e. The number of H-pyrrole nitrogens is 1. The molecule has 12 N–H and O–H groups in total. The van der Waals surface area contributed by atoms with Gasteiger partial charge in [-0.15, -0.1) is 5.10 Å². The Balaban J connectivity index is 0.558. The molecule has 0 saturated heterocycles. The van der Waals surface area contributed by atoms with E-state index in [1.165, 1.54) is 30.6 Å². The molecule has 5 heterocycles. The van der Waals surface area contributed by atoms with E-state index in [0.29, 0.717) is 233 Å². The highest BCUT2D eigenvalue weighted by Crippen LogP contribution is 2.49. The Morgan fingerprint density at radius 3 is 1.63 bits per heavy atom. The Hall–Kier alpha value is -10.6. The molecule has 0 aliphatic carbocycles. The van der Waals surface area contributed by atoms with Crippen molar-refractivity contribution in [2.24, 2.45) is 0 Å². The average Bonchev–Trinajstić information content (AvgIpc) is 1.59. The number of urea groups is 1. The van der Waals surface area contributed by atoms with Gasteiger partial charge in [0.1, 0.15) is 23.9 Å². The first-order chi connectivity index (χ1) is 63.2. The number of allylic oxidation sites excluding steroid dienone is 4. The number of hydrogen-bond donors (Lipinski definition) is 10. The van der Waals surface area contributed by atoms with E-state index in [-0.39, 0.29) is 118 Å². The number of unbranched alkanes of at least 4 members (excludes halogenated alkanes) is 1. The first kappa shape index (κ1) is 104. The minimum absolute atomic E-state index is 0.0192. The number of imidazole rings is 1. The van der Waals surface area contributed by atoms with E-state index in [1.54, 1.807) is 60.3 Å². The summed E-state index contributed by atoms with van der Waals surface area (Å²) < 4.78 is 152. The van der Waals surface area contributed by atoms with Gasteiger partial charge in [0.25, 0.3) is 20.2 Å². The molecule has 4 aromatic carbocycles. The summed E-state index contributed by atoms with van der Waals surface area (Å²) in [6.07, 6.45) is 10.3. The molecular formula is C88H125N16O25S2+. The molecule has 0 spiro atoms. The summed E-state index contributed by atoms with van der Waals surface area (Å²) in [5, 5.41) is 22.6. The summed E-state index contributed by atoms with van der Waals surface area (Å²) in [6.45, 7) is 20.5. The molecular weight excluding hydrogens is 1750 g/mol. The number of aromatic amines is 1. The average molecular weight is 1870 g/mol. The predicted octanol–water partition coefficient (Wildman–Crippen LogP) is 5.52. The number of nitrogens with zero attached hydrogens (tertiary/aromatic N) is 8. The lowest BCUT2D eigenvalue weighted by Crippen LogP contribution is -2.46. The normalized spacial score (nSPS) is 14.0. The van der Waals surface area contributed by atoms with E-state index in [0.717, 1.165) is 16.7 Å². The summed E-state index contributed by atoms with van der Waals surface area (Å²) in [6, 6.07) is 21.9. The molecule has 43 heteroatoms. The Labute approximate surface area is 762 Å². The number of esters is 1. The first-order valence-electron chi connectivity index (χ1n) is 43.6. The lowest BCUT2D eigenvalue weighted by atomic mass is 9.81. The van der Waals surface area contributed by atoms with Crippen LogP contribution in [0.15, 0.2) is 131 Å². The molecule has 0 saturated carbocycles. The van der Waals surface area contributed by atoms with Crippen LogP contribution in [0.5, 0.6) is 5.88 Å². The molecule has 131 heavy (non-hydrogen) atoms. The maximum Gasteiger partial charge on any atom is 0.328 e. The van der Waals surface area contributed by atoms with Crippen molar-refractivity contribution >= 4 is 89.8 Å². The molecule has 0 fully saturated rings. The van der Waals surface area contributed by atoms with E-state index in [2.05, 4.69) is 56.8 Å². The molecule has 5 amide bonds. The van der Waals surface area contributed by atoms with Gasteiger partial charge < -0.3 is 114 Å². The van der Waals surface area contributed by atoms with Gasteiger partial charge in [-0.3, -0.25) is 28.2 Å². The van der Waals surface area contributed by atoms with Crippen molar-refractivity contribution in [1.82, 2.24) is 61.5 Å². The van der Waals surface area contributed by atoms with Gasteiger partial charge in [0.05, 0.1) is 206 Å². The zero-order valence-corrected chi connectivity index (χ0v) is 76.6. The van der Waals surface area contributed by atoms with Crippen LogP contribution >= 0.6 is 0 Å². The summed E-state index contributed by atoms with van der Waals surface area (Å²) in [5.74, 6) is -0.856. The molecule has 9 rings (SSSR count). The molecule has 0 unspecified atom stereocenters. The molecule has 718 valence electrons. The molecule has 2 aliphatic rings. The van der Waals surface area contributed by atoms with E-state index in [4.69, 9.17) is 77.8 Å². The Bertz CT molecular complexity index is 5080. The van der Waals surface area contributed by atoms with Gasteiger partial charge in [-0.1, -0.05) is 61.5 Å². The number of anilines is 3. The lowest BCUT2D eigenvalue weighted by Gasteiger charge is -2.27. The molecule has 2 aliphatic heterocycles. The van der Waals surface area contributed by atoms with Gasteiger partial charge >= 0.3 is 12.0 Å². The monoisotopic (exact) mass is 1870 g/mol. The van der Waals surface area contributed by atoms with Crippen LogP contribution in [0.2, 0.25) is 0 Å². The number of nitrogens with two attached hydrogens (primary N) is 2. The van der Waals surface area contributed by atoms with Crippen LogP contribution in [0.1, 0.15) is 107 Å². The number of ether oxygens (including phenoxy) is 14. The maximum absolute atomic E-state index is 13.7. The van der Waals surface area contributed by atoms with Gasteiger partial charge in [0.2, 0.25) is 35.2 Å². The third-order valence-corrected chi connectivity index (χ3v) is 22.4. The third kappa shape index (κ3) is 35.8. The number of fused-ring (bicyclic) bond motifs is 3. The second-order valence-corrected chi connectivity index (χ2v) is 33.9. The van der Waals surface area contributed by atoms with Crippen LogP contribution in [-0.2, 0) is 145 Å². The lowest BCUT2D eigenvalue weighted by molar-refractivity contribution is -0.436. The van der Waals surface area contributed by atoms with Crippen LogP contribution in [0.25, 0.3) is 11.2 Å². The maximum atomic E-state index is 13.7. The summed E-state index contributed by atoms with van der Waals surface area (Å²) in [5.41, 5.74) is 18.3. The fourth-order valence-electron chi connectivity index (χ4n) is 13.9. The Kier molecular flexibility index (Phi) is 43.7. The second kappa shape index (κ2) is 55.0. The number of benzene rings is 4. The van der Waals surface area contributed by atoms with Crippen molar-refractivity contribution in [3.63, 3.8) is 0 Å². The number of carbonyl (C=O) groups excluding carboxylic acids is 5. The molecule has 0 bridgehead atoms. The van der Waals surface area contributed by atoms with Crippen molar-refractivity contribution in [3.8, 4) is 5.88 Å². The highest BCUT2D eigenvalue weighted by molar-refractivity contribution is 7.86. The second-order valence-electron chi connectivity index (χ2n) is 31.1. The molecule has 3 aromatic heterocycles.